The Balaban J connectivity index is 2.99. The van der Waals surface area contributed by atoms with Crippen molar-refractivity contribution in [2.24, 2.45) is 0 Å². The van der Waals surface area contributed by atoms with Crippen molar-refractivity contribution in [2.75, 3.05) is 19.8 Å². The summed E-state index contributed by atoms with van der Waals surface area (Å²) in [6.45, 7) is 7.18. The largest absolute Gasteiger partial charge is 0.460 e. The highest BCUT2D eigenvalue weighted by molar-refractivity contribution is 5.81. The SMILES string of the molecule is C=CC(=O)OCCOCCCCCCCCCCCCCC. The molecule has 0 aliphatic rings. The normalized spacial score (nSPS) is 10.6. The molecule has 0 atom stereocenters. The molecule has 0 N–H and O–H groups in total. The second-order valence-corrected chi connectivity index (χ2v) is 5.87. The highest BCUT2D eigenvalue weighted by Crippen LogP contribution is 2.11. The molecule has 0 aromatic rings. The number of ether oxygens (including phenoxy) is 2. The predicted octanol–water partition coefficient (Wildman–Crippen LogP) is 5.43. The molecule has 130 valence electrons. The van der Waals surface area contributed by atoms with E-state index in [1.165, 1.54) is 76.7 Å². The van der Waals surface area contributed by atoms with Crippen molar-refractivity contribution in [2.45, 2.75) is 84.0 Å². The lowest BCUT2D eigenvalue weighted by atomic mass is 10.1. The van der Waals surface area contributed by atoms with E-state index in [0.29, 0.717) is 13.2 Å². The van der Waals surface area contributed by atoms with Gasteiger partial charge in [-0.1, -0.05) is 84.1 Å². The zero-order valence-corrected chi connectivity index (χ0v) is 14.6. The molecule has 3 nitrogen and oxygen atoms in total. The Morgan fingerprint density at radius 1 is 0.773 bits per heavy atom. The Morgan fingerprint density at radius 3 is 1.77 bits per heavy atom. The summed E-state index contributed by atoms with van der Waals surface area (Å²) in [6.07, 6.45) is 17.4. The fraction of sp³-hybridized carbons (Fsp3) is 0.842. The van der Waals surface area contributed by atoms with E-state index in [-0.39, 0.29) is 5.97 Å². The van der Waals surface area contributed by atoms with Gasteiger partial charge in [0.05, 0.1) is 6.61 Å². The summed E-state index contributed by atoms with van der Waals surface area (Å²) in [6, 6.07) is 0. The minimum atomic E-state index is -0.381. The van der Waals surface area contributed by atoms with E-state index >= 15 is 0 Å². The summed E-state index contributed by atoms with van der Waals surface area (Å²) in [5.41, 5.74) is 0. The van der Waals surface area contributed by atoms with E-state index in [1.807, 2.05) is 0 Å². The standard InChI is InChI=1S/C19H36O3/c1-3-5-6-7-8-9-10-11-12-13-14-15-16-21-17-18-22-19(20)4-2/h4H,2-3,5-18H2,1H3. The summed E-state index contributed by atoms with van der Waals surface area (Å²) in [4.78, 5) is 10.8. The molecule has 0 radical (unpaired) electrons. The van der Waals surface area contributed by atoms with Crippen LogP contribution < -0.4 is 0 Å². The number of esters is 1. The van der Waals surface area contributed by atoms with Crippen LogP contribution in [0.25, 0.3) is 0 Å². The average Bonchev–Trinajstić information content (AvgIpc) is 2.54. The fourth-order valence-electron chi connectivity index (χ4n) is 2.41. The first-order valence-corrected chi connectivity index (χ1v) is 9.18. The van der Waals surface area contributed by atoms with Crippen LogP contribution in [0.5, 0.6) is 0 Å². The van der Waals surface area contributed by atoms with Gasteiger partial charge in [-0.05, 0) is 6.42 Å². The summed E-state index contributed by atoms with van der Waals surface area (Å²) in [7, 11) is 0. The zero-order valence-electron chi connectivity index (χ0n) is 14.6. The van der Waals surface area contributed by atoms with Crippen LogP contribution in [0.3, 0.4) is 0 Å². The lowest BCUT2D eigenvalue weighted by Gasteiger charge is -2.05. The van der Waals surface area contributed by atoms with Crippen LogP contribution in [0.4, 0.5) is 0 Å². The third-order valence-electron chi connectivity index (χ3n) is 3.78. The molecule has 0 aromatic carbocycles. The van der Waals surface area contributed by atoms with Crippen LogP contribution in [-0.4, -0.2) is 25.8 Å². The smallest absolute Gasteiger partial charge is 0.330 e. The van der Waals surface area contributed by atoms with E-state index in [1.54, 1.807) is 0 Å². The summed E-state index contributed by atoms with van der Waals surface area (Å²) in [5.74, 6) is -0.381. The Bertz CT molecular complexity index is 251. The minimum Gasteiger partial charge on any atom is -0.460 e. The predicted molar refractivity (Wildman–Crippen MR) is 93.1 cm³/mol. The zero-order chi connectivity index (χ0) is 16.3. The molecule has 0 heterocycles. The van der Waals surface area contributed by atoms with Gasteiger partial charge in [0.15, 0.2) is 0 Å². The van der Waals surface area contributed by atoms with Crippen LogP contribution in [0.2, 0.25) is 0 Å². The third-order valence-corrected chi connectivity index (χ3v) is 3.78. The molecule has 3 heteroatoms. The maximum absolute atomic E-state index is 10.8. The molecule has 22 heavy (non-hydrogen) atoms. The van der Waals surface area contributed by atoms with Gasteiger partial charge in [-0.25, -0.2) is 4.79 Å². The Kier molecular flexibility index (Phi) is 17.5. The molecule has 0 bridgehead atoms. The first kappa shape index (κ1) is 21.2. The topological polar surface area (TPSA) is 35.5 Å². The van der Waals surface area contributed by atoms with Gasteiger partial charge in [-0.15, -0.1) is 0 Å². The molecular formula is C19H36O3. The molecule has 0 fully saturated rings. The highest BCUT2D eigenvalue weighted by Gasteiger charge is 1.96. The number of rotatable bonds is 17. The van der Waals surface area contributed by atoms with Gasteiger partial charge >= 0.3 is 5.97 Å². The average molecular weight is 312 g/mol. The first-order valence-electron chi connectivity index (χ1n) is 9.18. The third kappa shape index (κ3) is 17.2. The second kappa shape index (κ2) is 18.2. The molecule has 0 aromatic heterocycles. The van der Waals surface area contributed by atoms with Crippen molar-refractivity contribution in [1.82, 2.24) is 0 Å². The van der Waals surface area contributed by atoms with Crippen molar-refractivity contribution in [3.05, 3.63) is 12.7 Å². The van der Waals surface area contributed by atoms with Gasteiger partial charge < -0.3 is 9.47 Å². The van der Waals surface area contributed by atoms with Crippen molar-refractivity contribution in [3.8, 4) is 0 Å². The van der Waals surface area contributed by atoms with Crippen molar-refractivity contribution < 1.29 is 14.3 Å². The lowest BCUT2D eigenvalue weighted by molar-refractivity contribution is -0.139. The molecule has 0 spiro atoms. The number of hydrogen-bond donors (Lipinski definition) is 0. The van der Waals surface area contributed by atoms with Crippen LogP contribution in [0, 0.1) is 0 Å². The van der Waals surface area contributed by atoms with Gasteiger partial charge in [0.25, 0.3) is 0 Å². The van der Waals surface area contributed by atoms with Crippen molar-refractivity contribution in [3.63, 3.8) is 0 Å². The van der Waals surface area contributed by atoms with Crippen LogP contribution in [0.15, 0.2) is 12.7 Å². The van der Waals surface area contributed by atoms with Gasteiger partial charge in [-0.2, -0.15) is 0 Å². The molecule has 0 saturated carbocycles. The summed E-state index contributed by atoms with van der Waals surface area (Å²) < 4.78 is 10.2. The van der Waals surface area contributed by atoms with E-state index in [0.717, 1.165) is 13.0 Å². The second-order valence-electron chi connectivity index (χ2n) is 5.87. The van der Waals surface area contributed by atoms with Gasteiger partial charge in [0, 0.05) is 12.7 Å². The van der Waals surface area contributed by atoms with E-state index < -0.39 is 0 Å². The molecule has 0 aliphatic heterocycles. The molecule has 0 unspecified atom stereocenters. The van der Waals surface area contributed by atoms with Crippen LogP contribution in [-0.2, 0) is 14.3 Å². The summed E-state index contributed by atoms with van der Waals surface area (Å²) >= 11 is 0. The fourth-order valence-corrected chi connectivity index (χ4v) is 2.41. The maximum atomic E-state index is 10.8. The van der Waals surface area contributed by atoms with Gasteiger partial charge in [0.1, 0.15) is 6.61 Å². The molecule has 0 amide bonds. The molecule has 0 saturated heterocycles. The highest BCUT2D eigenvalue weighted by atomic mass is 16.6. The number of carbonyl (C=O) groups is 1. The molecular weight excluding hydrogens is 276 g/mol. The van der Waals surface area contributed by atoms with Crippen LogP contribution >= 0.6 is 0 Å². The Morgan fingerprint density at radius 2 is 1.27 bits per heavy atom. The van der Waals surface area contributed by atoms with E-state index in [9.17, 15) is 4.79 Å². The number of carbonyl (C=O) groups excluding carboxylic acids is 1. The Hall–Kier alpha value is -0.830. The minimum absolute atomic E-state index is 0.323. The number of hydrogen-bond acceptors (Lipinski definition) is 3. The molecule has 0 rings (SSSR count). The monoisotopic (exact) mass is 312 g/mol. The lowest BCUT2D eigenvalue weighted by Crippen LogP contribution is -2.08. The van der Waals surface area contributed by atoms with Crippen molar-refractivity contribution in [1.29, 1.82) is 0 Å². The van der Waals surface area contributed by atoms with Gasteiger partial charge in [0.2, 0.25) is 0 Å². The van der Waals surface area contributed by atoms with Gasteiger partial charge in [-0.3, -0.25) is 0 Å². The first-order chi connectivity index (χ1) is 10.8. The van der Waals surface area contributed by atoms with Crippen LogP contribution in [0.1, 0.15) is 84.0 Å². The quantitative estimate of drug-likeness (QED) is 0.204. The maximum Gasteiger partial charge on any atom is 0.330 e. The molecule has 0 aliphatic carbocycles. The number of unbranched alkanes of at least 4 members (excludes halogenated alkanes) is 11. The van der Waals surface area contributed by atoms with E-state index in [4.69, 9.17) is 9.47 Å². The van der Waals surface area contributed by atoms with Crippen molar-refractivity contribution >= 4 is 5.97 Å². The Labute approximate surface area is 137 Å². The summed E-state index contributed by atoms with van der Waals surface area (Å²) in [5, 5.41) is 0. The van der Waals surface area contributed by atoms with E-state index in [2.05, 4.69) is 13.5 Å².